The maximum Gasteiger partial charge on any atom is 0.150 e. The van der Waals surface area contributed by atoms with Crippen LogP contribution in [0.25, 0.3) is 11.1 Å². The van der Waals surface area contributed by atoms with E-state index in [-0.39, 0.29) is 6.04 Å². The standard InChI is InChI=1S/C28H22N2O/c31-20-21-11-17-26(18-12-21)30-28(19-27(29-30)24-9-5-2-6-10-24)25-15-13-23(14-16-25)22-7-3-1-4-8-22/h1-18,20,28H,19H2. The number of carbonyl (C=O) groups excluding carboxylic acids is 1. The van der Waals surface area contributed by atoms with E-state index >= 15 is 0 Å². The van der Waals surface area contributed by atoms with E-state index in [1.165, 1.54) is 16.7 Å². The summed E-state index contributed by atoms with van der Waals surface area (Å²) in [4.78, 5) is 11.1. The minimum Gasteiger partial charge on any atom is -0.298 e. The molecule has 3 heteroatoms. The fourth-order valence-electron chi connectivity index (χ4n) is 4.05. The van der Waals surface area contributed by atoms with Gasteiger partial charge in [0, 0.05) is 12.0 Å². The maximum absolute atomic E-state index is 11.1. The Morgan fingerprint density at radius 3 is 1.87 bits per heavy atom. The zero-order chi connectivity index (χ0) is 21.0. The normalized spacial score (nSPS) is 15.5. The molecule has 3 nitrogen and oxygen atoms in total. The molecule has 0 spiro atoms. The monoisotopic (exact) mass is 402 g/mol. The first-order valence-corrected chi connectivity index (χ1v) is 10.4. The van der Waals surface area contributed by atoms with E-state index in [4.69, 9.17) is 5.10 Å². The van der Waals surface area contributed by atoms with Crippen molar-refractivity contribution in [3.05, 3.63) is 126 Å². The number of aldehydes is 1. The van der Waals surface area contributed by atoms with Crippen LogP contribution in [0.4, 0.5) is 5.69 Å². The van der Waals surface area contributed by atoms with Gasteiger partial charge in [-0.15, -0.1) is 0 Å². The van der Waals surface area contributed by atoms with Gasteiger partial charge in [0.2, 0.25) is 0 Å². The van der Waals surface area contributed by atoms with E-state index in [0.717, 1.165) is 29.7 Å². The van der Waals surface area contributed by atoms with Crippen LogP contribution in [0, 0.1) is 0 Å². The minimum absolute atomic E-state index is 0.0992. The molecule has 0 fully saturated rings. The second-order valence-corrected chi connectivity index (χ2v) is 7.67. The van der Waals surface area contributed by atoms with Gasteiger partial charge >= 0.3 is 0 Å². The summed E-state index contributed by atoms with van der Waals surface area (Å²) in [5.74, 6) is 0. The molecule has 0 saturated heterocycles. The first-order valence-electron chi connectivity index (χ1n) is 10.4. The largest absolute Gasteiger partial charge is 0.298 e. The molecule has 5 rings (SSSR count). The molecular formula is C28H22N2O. The van der Waals surface area contributed by atoms with E-state index in [2.05, 4.69) is 65.7 Å². The number of hydrogen-bond donors (Lipinski definition) is 0. The Hall–Kier alpha value is -3.98. The highest BCUT2D eigenvalue weighted by Gasteiger charge is 2.29. The van der Waals surface area contributed by atoms with Crippen molar-refractivity contribution in [3.8, 4) is 11.1 Å². The quantitative estimate of drug-likeness (QED) is 0.356. The molecule has 0 bridgehead atoms. The molecule has 0 aliphatic carbocycles. The lowest BCUT2D eigenvalue weighted by atomic mass is 9.96. The lowest BCUT2D eigenvalue weighted by molar-refractivity contribution is 0.112. The summed E-state index contributed by atoms with van der Waals surface area (Å²) in [7, 11) is 0. The number of benzene rings is 4. The Balaban J connectivity index is 1.50. The van der Waals surface area contributed by atoms with Crippen LogP contribution in [0.3, 0.4) is 0 Å². The summed E-state index contributed by atoms with van der Waals surface area (Å²) in [6.45, 7) is 0. The summed E-state index contributed by atoms with van der Waals surface area (Å²) in [5.41, 5.74) is 7.48. The number of rotatable bonds is 5. The molecule has 1 aliphatic rings. The van der Waals surface area contributed by atoms with Crippen LogP contribution in [0.15, 0.2) is 114 Å². The predicted molar refractivity (Wildman–Crippen MR) is 127 cm³/mol. The van der Waals surface area contributed by atoms with Crippen LogP contribution in [-0.2, 0) is 0 Å². The Morgan fingerprint density at radius 2 is 1.26 bits per heavy atom. The SMILES string of the molecule is O=Cc1ccc(N2N=C(c3ccccc3)CC2c2ccc(-c3ccccc3)cc2)cc1. The molecule has 1 unspecified atom stereocenters. The third-order valence-corrected chi connectivity index (χ3v) is 5.71. The Labute approximate surface area is 182 Å². The highest BCUT2D eigenvalue weighted by molar-refractivity contribution is 6.03. The van der Waals surface area contributed by atoms with Gasteiger partial charge in [0.1, 0.15) is 6.29 Å². The Morgan fingerprint density at radius 1 is 0.677 bits per heavy atom. The van der Waals surface area contributed by atoms with Crippen molar-refractivity contribution in [2.75, 3.05) is 5.01 Å². The zero-order valence-electron chi connectivity index (χ0n) is 17.1. The molecule has 1 atom stereocenters. The van der Waals surface area contributed by atoms with Gasteiger partial charge in [0.05, 0.1) is 17.4 Å². The summed E-state index contributed by atoms with van der Waals surface area (Å²) >= 11 is 0. The lowest BCUT2D eigenvalue weighted by Crippen LogP contribution is -2.18. The van der Waals surface area contributed by atoms with Crippen molar-refractivity contribution < 1.29 is 4.79 Å². The predicted octanol–water partition coefficient (Wildman–Crippen LogP) is 6.52. The molecule has 0 saturated carbocycles. The average molecular weight is 402 g/mol. The molecule has 0 amide bonds. The van der Waals surface area contributed by atoms with E-state index in [0.29, 0.717) is 5.56 Å². The van der Waals surface area contributed by atoms with Crippen molar-refractivity contribution in [1.29, 1.82) is 0 Å². The van der Waals surface area contributed by atoms with Crippen molar-refractivity contribution in [2.45, 2.75) is 12.5 Å². The van der Waals surface area contributed by atoms with E-state index in [1.54, 1.807) is 0 Å². The molecule has 0 aromatic heterocycles. The Kier molecular flexibility index (Phi) is 5.16. The first kappa shape index (κ1) is 19.0. The van der Waals surface area contributed by atoms with Gasteiger partial charge in [0.15, 0.2) is 0 Å². The molecule has 150 valence electrons. The third-order valence-electron chi connectivity index (χ3n) is 5.71. The molecule has 1 heterocycles. The van der Waals surface area contributed by atoms with Crippen LogP contribution >= 0.6 is 0 Å². The van der Waals surface area contributed by atoms with Gasteiger partial charge in [0.25, 0.3) is 0 Å². The number of hydrazone groups is 1. The molecule has 4 aromatic rings. The van der Waals surface area contributed by atoms with Crippen LogP contribution in [0.1, 0.15) is 33.9 Å². The topological polar surface area (TPSA) is 32.7 Å². The number of anilines is 1. The number of nitrogens with zero attached hydrogens (tertiary/aromatic N) is 2. The zero-order valence-corrected chi connectivity index (χ0v) is 17.1. The second-order valence-electron chi connectivity index (χ2n) is 7.67. The lowest BCUT2D eigenvalue weighted by Gasteiger charge is -2.24. The van der Waals surface area contributed by atoms with Crippen LogP contribution in [-0.4, -0.2) is 12.0 Å². The van der Waals surface area contributed by atoms with Crippen LogP contribution in [0.5, 0.6) is 0 Å². The highest BCUT2D eigenvalue weighted by Crippen LogP contribution is 2.37. The summed E-state index contributed by atoms with van der Waals surface area (Å²) < 4.78 is 0. The fourth-order valence-corrected chi connectivity index (χ4v) is 4.05. The van der Waals surface area contributed by atoms with Gasteiger partial charge < -0.3 is 0 Å². The van der Waals surface area contributed by atoms with Crippen molar-refractivity contribution in [3.63, 3.8) is 0 Å². The van der Waals surface area contributed by atoms with E-state index < -0.39 is 0 Å². The summed E-state index contributed by atoms with van der Waals surface area (Å²) in [6.07, 6.45) is 1.69. The maximum atomic E-state index is 11.1. The van der Waals surface area contributed by atoms with Crippen LogP contribution < -0.4 is 5.01 Å². The molecule has 0 radical (unpaired) electrons. The molecule has 31 heavy (non-hydrogen) atoms. The van der Waals surface area contributed by atoms with Crippen molar-refractivity contribution in [2.24, 2.45) is 5.10 Å². The smallest absolute Gasteiger partial charge is 0.150 e. The molecule has 4 aromatic carbocycles. The van der Waals surface area contributed by atoms with Gasteiger partial charge in [-0.1, -0.05) is 84.9 Å². The number of carbonyl (C=O) groups is 1. The highest BCUT2D eigenvalue weighted by atomic mass is 16.1. The van der Waals surface area contributed by atoms with Gasteiger partial charge in [-0.05, 0) is 46.5 Å². The summed E-state index contributed by atoms with van der Waals surface area (Å²) in [5, 5.41) is 7.06. The van der Waals surface area contributed by atoms with Gasteiger partial charge in [-0.2, -0.15) is 5.10 Å². The number of hydrogen-bond acceptors (Lipinski definition) is 3. The molecule has 1 aliphatic heterocycles. The second kappa shape index (κ2) is 8.41. The van der Waals surface area contributed by atoms with Crippen molar-refractivity contribution in [1.82, 2.24) is 0 Å². The van der Waals surface area contributed by atoms with E-state index in [1.807, 2.05) is 48.5 Å². The van der Waals surface area contributed by atoms with Crippen molar-refractivity contribution >= 4 is 17.7 Å². The van der Waals surface area contributed by atoms with Gasteiger partial charge in [-0.3, -0.25) is 9.80 Å². The average Bonchev–Trinajstić information content (AvgIpc) is 3.31. The molecule has 0 N–H and O–H groups in total. The third kappa shape index (κ3) is 3.90. The first-order chi connectivity index (χ1) is 15.3. The fraction of sp³-hybridized carbons (Fsp3) is 0.0714. The Bertz CT molecular complexity index is 1200. The van der Waals surface area contributed by atoms with Gasteiger partial charge in [-0.25, -0.2) is 0 Å². The van der Waals surface area contributed by atoms with Crippen LogP contribution in [0.2, 0.25) is 0 Å². The minimum atomic E-state index is 0.0992. The molecular weight excluding hydrogens is 380 g/mol. The van der Waals surface area contributed by atoms with E-state index in [9.17, 15) is 4.79 Å². The summed E-state index contributed by atoms with van der Waals surface area (Å²) in [6, 6.07) is 37.2.